The van der Waals surface area contributed by atoms with Crippen LogP contribution in [0.4, 0.5) is 9.59 Å². The van der Waals surface area contributed by atoms with Gasteiger partial charge in [-0.05, 0) is 64.8 Å². The van der Waals surface area contributed by atoms with E-state index in [-0.39, 0.29) is 49.1 Å². The van der Waals surface area contributed by atoms with Crippen molar-refractivity contribution in [1.29, 1.82) is 0 Å². The number of aliphatic hydroxyl groups is 1. The van der Waals surface area contributed by atoms with Crippen molar-refractivity contribution in [3.63, 3.8) is 0 Å². The first-order chi connectivity index (χ1) is 20.8. The van der Waals surface area contributed by atoms with E-state index < -0.39 is 33.4 Å². The molecule has 2 aliphatic heterocycles. The number of amides is 2. The van der Waals surface area contributed by atoms with Crippen LogP contribution in [-0.2, 0) is 30.8 Å². The summed E-state index contributed by atoms with van der Waals surface area (Å²) in [6.45, 7) is 6.45. The molecule has 0 aliphatic carbocycles. The molecule has 0 radical (unpaired) electrons. The lowest BCUT2D eigenvalue weighted by atomic mass is 9.87. The fourth-order valence-corrected chi connectivity index (χ4v) is 6.06. The molecule has 2 aromatic carbocycles. The van der Waals surface area contributed by atoms with Crippen LogP contribution in [0.3, 0.4) is 0 Å². The van der Waals surface area contributed by atoms with Crippen LogP contribution in [0.2, 0.25) is 0 Å². The maximum atomic E-state index is 13.3. The second-order valence-corrected chi connectivity index (χ2v) is 14.0. The second kappa shape index (κ2) is 14.1. The van der Waals surface area contributed by atoms with Gasteiger partial charge in [0.05, 0.1) is 29.7 Å². The molecule has 2 aromatic rings. The van der Waals surface area contributed by atoms with E-state index in [0.717, 1.165) is 5.56 Å². The van der Waals surface area contributed by atoms with E-state index in [1.54, 1.807) is 37.8 Å². The number of hydrogen-bond acceptors (Lipinski definition) is 9. The Morgan fingerprint density at radius 2 is 1.84 bits per heavy atom. The van der Waals surface area contributed by atoms with Crippen LogP contribution < -0.4 is 9.46 Å². The lowest BCUT2D eigenvalue weighted by Gasteiger charge is -2.38. The van der Waals surface area contributed by atoms with Crippen LogP contribution in [-0.4, -0.2) is 98.8 Å². The van der Waals surface area contributed by atoms with Gasteiger partial charge in [-0.15, -0.1) is 0 Å². The molecule has 12 nitrogen and oxygen atoms in total. The number of aliphatic hydroxyl groups excluding tert-OH is 1. The molecular weight excluding hydrogens is 590 g/mol. The largest absolute Gasteiger partial charge is 0.491 e. The lowest BCUT2D eigenvalue weighted by Crippen LogP contribution is -2.50. The van der Waals surface area contributed by atoms with Gasteiger partial charge in [-0.1, -0.05) is 36.4 Å². The highest BCUT2D eigenvalue weighted by Crippen LogP contribution is 2.38. The van der Waals surface area contributed by atoms with Crippen molar-refractivity contribution in [2.45, 2.75) is 74.9 Å². The minimum Gasteiger partial charge on any atom is -0.491 e. The van der Waals surface area contributed by atoms with Gasteiger partial charge < -0.3 is 33.9 Å². The van der Waals surface area contributed by atoms with Gasteiger partial charge in [0.2, 0.25) is 10.0 Å². The van der Waals surface area contributed by atoms with Crippen molar-refractivity contribution in [2.24, 2.45) is 0 Å². The molecule has 0 aromatic heterocycles. The minimum atomic E-state index is -3.66. The number of ether oxygens (including phenoxy) is 4. The van der Waals surface area contributed by atoms with E-state index in [2.05, 4.69) is 4.72 Å². The van der Waals surface area contributed by atoms with E-state index >= 15 is 0 Å². The number of rotatable bonds is 10. The fraction of sp³-hybridized carbons (Fsp3) is 0.548. The first-order valence-electron chi connectivity index (χ1n) is 14.7. The van der Waals surface area contributed by atoms with Gasteiger partial charge in [-0.25, -0.2) is 22.7 Å². The van der Waals surface area contributed by atoms with Gasteiger partial charge >= 0.3 is 12.2 Å². The topological polar surface area (TPSA) is 144 Å². The van der Waals surface area contributed by atoms with E-state index in [1.165, 1.54) is 24.1 Å². The summed E-state index contributed by atoms with van der Waals surface area (Å²) < 4.78 is 49.6. The van der Waals surface area contributed by atoms with Crippen LogP contribution in [0.5, 0.6) is 5.75 Å². The highest BCUT2D eigenvalue weighted by atomic mass is 32.2. The number of likely N-dealkylation sites (tertiary alicyclic amines) is 1. The zero-order chi connectivity index (χ0) is 32.0. The summed E-state index contributed by atoms with van der Waals surface area (Å²) in [5, 5.41) is 10.9. The summed E-state index contributed by atoms with van der Waals surface area (Å²) in [5.41, 5.74) is -0.345. The highest BCUT2D eigenvalue weighted by Gasteiger charge is 2.47. The Kier molecular flexibility index (Phi) is 10.8. The maximum Gasteiger partial charge on any atom is 0.410 e. The van der Waals surface area contributed by atoms with Crippen LogP contribution in [0, 0.1) is 0 Å². The summed E-state index contributed by atoms with van der Waals surface area (Å²) >= 11 is 0. The van der Waals surface area contributed by atoms with Crippen LogP contribution in [0.1, 0.15) is 45.6 Å². The van der Waals surface area contributed by atoms with Gasteiger partial charge in [0.1, 0.15) is 30.7 Å². The average Bonchev–Trinajstić information content (AvgIpc) is 3.40. The molecule has 0 unspecified atom stereocenters. The number of piperidine rings is 1. The molecule has 2 heterocycles. The molecule has 0 saturated carbocycles. The Morgan fingerprint density at radius 3 is 2.50 bits per heavy atom. The van der Waals surface area contributed by atoms with Gasteiger partial charge in [0, 0.05) is 19.2 Å². The Balaban J connectivity index is 1.34. The monoisotopic (exact) mass is 633 g/mol. The SMILES string of the molecule is CNS(=O)(=O)c1cccc(OC[C@@H](O)CN(C(=O)OC(C)(C)C)[C@H]2COC3(CCN(C(=O)OCc4ccccc4)CC3)C2)c1. The molecule has 2 atom stereocenters. The predicted molar refractivity (Wildman–Crippen MR) is 162 cm³/mol. The molecule has 2 N–H and O–H groups in total. The van der Waals surface area contributed by atoms with E-state index in [9.17, 15) is 23.1 Å². The maximum absolute atomic E-state index is 13.3. The van der Waals surface area contributed by atoms with Crippen molar-refractivity contribution in [3.05, 3.63) is 60.2 Å². The molecular formula is C31H43N3O9S. The third kappa shape index (κ3) is 9.07. The third-order valence-electron chi connectivity index (χ3n) is 7.63. The highest BCUT2D eigenvalue weighted by molar-refractivity contribution is 7.89. The number of hydrogen-bond donors (Lipinski definition) is 2. The van der Waals surface area contributed by atoms with Gasteiger partial charge in [0.25, 0.3) is 0 Å². The zero-order valence-corrected chi connectivity index (χ0v) is 26.5. The average molecular weight is 634 g/mol. The third-order valence-corrected chi connectivity index (χ3v) is 9.04. The fourth-order valence-electron chi connectivity index (χ4n) is 5.29. The number of carbonyl (C=O) groups excluding carboxylic acids is 2. The normalized spacial score (nSPS) is 18.9. The van der Waals surface area contributed by atoms with Crippen molar-refractivity contribution in [1.82, 2.24) is 14.5 Å². The number of nitrogens with zero attached hydrogens (tertiary/aromatic N) is 2. The predicted octanol–water partition coefficient (Wildman–Crippen LogP) is 3.53. The molecule has 13 heteroatoms. The standard InChI is InChI=1S/C31H43N3O9S/c1-30(2,3)43-29(37)34(19-25(35)22-40-26-11-8-12-27(17-26)44(38,39)32-4)24-18-31(42-21-24)13-15-33(16-14-31)28(36)41-20-23-9-6-5-7-10-23/h5-12,17,24-25,32,35H,13-16,18-22H2,1-4H3/t24-,25+/m1/s1. The van der Waals surface area contributed by atoms with Crippen molar-refractivity contribution in [2.75, 3.05) is 39.9 Å². The summed E-state index contributed by atoms with van der Waals surface area (Å²) in [6, 6.07) is 15.1. The van der Waals surface area contributed by atoms with E-state index in [4.69, 9.17) is 18.9 Å². The molecule has 2 aliphatic rings. The quantitative estimate of drug-likeness (QED) is 0.402. The van der Waals surface area contributed by atoms with Crippen LogP contribution >= 0.6 is 0 Å². The molecule has 4 rings (SSSR count). The van der Waals surface area contributed by atoms with Crippen molar-refractivity contribution in [3.8, 4) is 5.75 Å². The lowest BCUT2D eigenvalue weighted by molar-refractivity contribution is -0.0432. The molecule has 242 valence electrons. The van der Waals surface area contributed by atoms with Gasteiger partial charge in [-0.3, -0.25) is 0 Å². The Bertz CT molecular complexity index is 1370. The van der Waals surface area contributed by atoms with E-state index in [0.29, 0.717) is 32.4 Å². The summed E-state index contributed by atoms with van der Waals surface area (Å²) in [4.78, 5) is 29.1. The number of benzene rings is 2. The Labute approximate surface area is 259 Å². The van der Waals surface area contributed by atoms with Gasteiger partial charge in [-0.2, -0.15) is 0 Å². The second-order valence-electron chi connectivity index (χ2n) is 12.2. The smallest absolute Gasteiger partial charge is 0.410 e. The Hall–Kier alpha value is -3.39. The van der Waals surface area contributed by atoms with E-state index in [1.807, 2.05) is 30.3 Å². The van der Waals surface area contributed by atoms with Crippen LogP contribution in [0.15, 0.2) is 59.5 Å². The zero-order valence-electron chi connectivity index (χ0n) is 25.7. The molecule has 2 fully saturated rings. The van der Waals surface area contributed by atoms with Gasteiger partial charge in [0.15, 0.2) is 0 Å². The van der Waals surface area contributed by atoms with Crippen molar-refractivity contribution >= 4 is 22.2 Å². The molecule has 1 spiro atoms. The molecule has 2 saturated heterocycles. The summed E-state index contributed by atoms with van der Waals surface area (Å²) in [6.07, 6.45) is -0.342. The summed E-state index contributed by atoms with van der Waals surface area (Å²) in [5.74, 6) is 0.265. The van der Waals surface area contributed by atoms with Crippen LogP contribution in [0.25, 0.3) is 0 Å². The molecule has 2 amide bonds. The minimum absolute atomic E-state index is 0.0336. The number of nitrogens with one attached hydrogen (secondary N) is 1. The summed E-state index contributed by atoms with van der Waals surface area (Å²) in [7, 11) is -2.34. The van der Waals surface area contributed by atoms with Crippen molar-refractivity contribution < 1.29 is 42.1 Å². The Morgan fingerprint density at radius 1 is 1.14 bits per heavy atom. The molecule has 0 bridgehead atoms. The first-order valence-corrected chi connectivity index (χ1v) is 16.2. The molecule has 44 heavy (non-hydrogen) atoms. The number of sulfonamides is 1. The number of carbonyl (C=O) groups is 2. The first kappa shape index (κ1) is 33.5.